The Kier molecular flexibility index (Phi) is 5.51. The van der Waals surface area contributed by atoms with Crippen LogP contribution in [-0.2, 0) is 4.79 Å². The molecular formula is C13H22N4O3. The van der Waals surface area contributed by atoms with Crippen LogP contribution in [0.25, 0.3) is 0 Å². The topological polar surface area (TPSA) is 81.8 Å². The maximum atomic E-state index is 11.9. The summed E-state index contributed by atoms with van der Waals surface area (Å²) >= 11 is 0. The molecule has 0 aromatic carbocycles. The van der Waals surface area contributed by atoms with Crippen LogP contribution in [0.15, 0.2) is 10.6 Å². The number of nitrogens with zero attached hydrogens (tertiary/aromatic N) is 3. The monoisotopic (exact) mass is 282 g/mol. The number of hydrogen-bond acceptors (Lipinski definition) is 6. The fourth-order valence-corrected chi connectivity index (χ4v) is 2.28. The predicted octanol–water partition coefficient (Wildman–Crippen LogP) is -0.0785. The van der Waals surface area contributed by atoms with Crippen LogP contribution in [0.2, 0.25) is 0 Å². The van der Waals surface area contributed by atoms with Crippen molar-refractivity contribution in [3.05, 3.63) is 11.8 Å². The molecule has 112 valence electrons. The summed E-state index contributed by atoms with van der Waals surface area (Å²) in [7, 11) is 0. The average molecular weight is 282 g/mol. The Balaban J connectivity index is 1.68. The summed E-state index contributed by atoms with van der Waals surface area (Å²) in [6, 6.07) is 1.70. The normalized spacial score (nSPS) is 17.3. The number of aliphatic hydroxyl groups is 1. The first-order chi connectivity index (χ1) is 9.67. The molecule has 0 bridgehead atoms. The summed E-state index contributed by atoms with van der Waals surface area (Å²) < 4.78 is 4.90. The number of amides is 1. The van der Waals surface area contributed by atoms with Gasteiger partial charge in [0.2, 0.25) is 5.91 Å². The molecule has 1 aromatic rings. The molecule has 7 nitrogen and oxygen atoms in total. The number of piperazine rings is 1. The van der Waals surface area contributed by atoms with Crippen LogP contribution >= 0.6 is 0 Å². The molecule has 2 rings (SSSR count). The van der Waals surface area contributed by atoms with Crippen molar-refractivity contribution in [2.24, 2.45) is 0 Å². The van der Waals surface area contributed by atoms with Crippen molar-refractivity contribution in [3.63, 3.8) is 0 Å². The Labute approximate surface area is 118 Å². The standard InChI is InChI=1S/C13H22N4O3/c1-11-9-12(15-20-11)14-13(19)10-17-6-4-16(5-7-17)3-2-8-18/h9,18H,2-8,10H2,1H3,(H,14,15,19). The van der Waals surface area contributed by atoms with Gasteiger partial charge in [0.15, 0.2) is 5.82 Å². The zero-order chi connectivity index (χ0) is 14.4. The van der Waals surface area contributed by atoms with Gasteiger partial charge in [-0.05, 0) is 13.3 Å². The second kappa shape index (κ2) is 7.37. The van der Waals surface area contributed by atoms with Gasteiger partial charge in [-0.25, -0.2) is 0 Å². The number of aryl methyl sites for hydroxylation is 1. The minimum absolute atomic E-state index is 0.0675. The molecule has 1 amide bonds. The van der Waals surface area contributed by atoms with Gasteiger partial charge in [0.1, 0.15) is 5.76 Å². The van der Waals surface area contributed by atoms with Gasteiger partial charge in [0.25, 0.3) is 0 Å². The molecule has 0 spiro atoms. The van der Waals surface area contributed by atoms with E-state index in [1.165, 1.54) is 0 Å². The zero-order valence-electron chi connectivity index (χ0n) is 11.8. The first kappa shape index (κ1) is 15.0. The summed E-state index contributed by atoms with van der Waals surface area (Å²) in [6.07, 6.45) is 0.812. The highest BCUT2D eigenvalue weighted by Crippen LogP contribution is 2.07. The SMILES string of the molecule is Cc1cc(NC(=O)CN2CCN(CCCO)CC2)no1. The maximum Gasteiger partial charge on any atom is 0.239 e. The van der Waals surface area contributed by atoms with Crippen LogP contribution in [0.5, 0.6) is 0 Å². The predicted molar refractivity (Wildman–Crippen MR) is 74.5 cm³/mol. The van der Waals surface area contributed by atoms with Crippen LogP contribution in [0.4, 0.5) is 5.82 Å². The van der Waals surface area contributed by atoms with E-state index in [9.17, 15) is 4.79 Å². The van der Waals surface area contributed by atoms with E-state index in [0.717, 1.165) is 39.1 Å². The van der Waals surface area contributed by atoms with E-state index in [1.54, 1.807) is 13.0 Å². The molecule has 0 aliphatic carbocycles. The summed E-state index contributed by atoms with van der Waals surface area (Å²) in [4.78, 5) is 16.3. The van der Waals surface area contributed by atoms with Crippen LogP contribution in [0, 0.1) is 6.92 Å². The lowest BCUT2D eigenvalue weighted by Gasteiger charge is -2.34. The molecule has 1 aromatic heterocycles. The lowest BCUT2D eigenvalue weighted by atomic mass is 10.3. The van der Waals surface area contributed by atoms with Crippen molar-refractivity contribution in [2.45, 2.75) is 13.3 Å². The van der Waals surface area contributed by atoms with Gasteiger partial charge in [-0.3, -0.25) is 9.69 Å². The zero-order valence-corrected chi connectivity index (χ0v) is 11.8. The van der Waals surface area contributed by atoms with Crippen molar-refractivity contribution < 1.29 is 14.4 Å². The van der Waals surface area contributed by atoms with Crippen molar-refractivity contribution in [3.8, 4) is 0 Å². The summed E-state index contributed by atoms with van der Waals surface area (Å²) in [5, 5.41) is 15.3. The van der Waals surface area contributed by atoms with E-state index in [4.69, 9.17) is 9.63 Å². The number of nitrogens with one attached hydrogen (secondary N) is 1. The molecule has 0 unspecified atom stereocenters. The van der Waals surface area contributed by atoms with E-state index < -0.39 is 0 Å². The number of aromatic nitrogens is 1. The lowest BCUT2D eigenvalue weighted by molar-refractivity contribution is -0.117. The third-order valence-corrected chi connectivity index (χ3v) is 3.36. The highest BCUT2D eigenvalue weighted by molar-refractivity contribution is 5.91. The molecule has 1 aliphatic rings. The van der Waals surface area contributed by atoms with E-state index >= 15 is 0 Å². The van der Waals surface area contributed by atoms with E-state index in [1.807, 2.05) is 0 Å². The van der Waals surface area contributed by atoms with Gasteiger partial charge in [0, 0.05) is 45.4 Å². The fraction of sp³-hybridized carbons (Fsp3) is 0.692. The highest BCUT2D eigenvalue weighted by atomic mass is 16.5. The molecule has 2 heterocycles. The number of carbonyl (C=O) groups is 1. The Morgan fingerprint density at radius 2 is 2.10 bits per heavy atom. The highest BCUT2D eigenvalue weighted by Gasteiger charge is 2.18. The molecule has 1 fully saturated rings. The van der Waals surface area contributed by atoms with Crippen molar-refractivity contribution in [1.29, 1.82) is 0 Å². The van der Waals surface area contributed by atoms with Gasteiger partial charge >= 0.3 is 0 Å². The lowest BCUT2D eigenvalue weighted by Crippen LogP contribution is -2.48. The second-order valence-electron chi connectivity index (χ2n) is 5.07. The van der Waals surface area contributed by atoms with Crippen LogP contribution < -0.4 is 5.32 Å². The molecule has 0 atom stereocenters. The van der Waals surface area contributed by atoms with Gasteiger partial charge in [-0.1, -0.05) is 5.16 Å². The van der Waals surface area contributed by atoms with Crippen molar-refractivity contribution in [1.82, 2.24) is 15.0 Å². The molecule has 7 heteroatoms. The Hall–Kier alpha value is -1.44. The Morgan fingerprint density at radius 1 is 1.40 bits per heavy atom. The third kappa shape index (κ3) is 4.59. The van der Waals surface area contributed by atoms with E-state index in [2.05, 4.69) is 20.3 Å². The van der Waals surface area contributed by atoms with E-state index in [0.29, 0.717) is 18.1 Å². The van der Waals surface area contributed by atoms with Gasteiger partial charge in [-0.2, -0.15) is 0 Å². The van der Waals surface area contributed by atoms with Crippen LogP contribution in [0.1, 0.15) is 12.2 Å². The molecule has 0 radical (unpaired) electrons. The van der Waals surface area contributed by atoms with Gasteiger partial charge in [-0.15, -0.1) is 0 Å². The minimum atomic E-state index is -0.0675. The summed E-state index contributed by atoms with van der Waals surface area (Å²) in [6.45, 7) is 6.95. The number of rotatable bonds is 6. The second-order valence-corrected chi connectivity index (χ2v) is 5.07. The Morgan fingerprint density at radius 3 is 2.70 bits per heavy atom. The largest absolute Gasteiger partial charge is 0.396 e. The average Bonchev–Trinajstić information content (AvgIpc) is 2.83. The van der Waals surface area contributed by atoms with Crippen molar-refractivity contribution in [2.75, 3.05) is 51.2 Å². The number of aliphatic hydroxyl groups excluding tert-OH is 1. The number of anilines is 1. The summed E-state index contributed by atoms with van der Waals surface area (Å²) in [5.74, 6) is 1.08. The van der Waals surface area contributed by atoms with Crippen molar-refractivity contribution >= 4 is 11.7 Å². The molecule has 0 saturated carbocycles. The maximum absolute atomic E-state index is 11.9. The van der Waals surface area contributed by atoms with Gasteiger partial charge < -0.3 is 19.8 Å². The smallest absolute Gasteiger partial charge is 0.239 e. The quantitative estimate of drug-likeness (QED) is 0.759. The molecular weight excluding hydrogens is 260 g/mol. The van der Waals surface area contributed by atoms with Crippen LogP contribution in [-0.4, -0.2) is 71.8 Å². The van der Waals surface area contributed by atoms with Gasteiger partial charge in [0.05, 0.1) is 6.54 Å². The molecule has 2 N–H and O–H groups in total. The summed E-state index contributed by atoms with van der Waals surface area (Å²) in [5.41, 5.74) is 0. The minimum Gasteiger partial charge on any atom is -0.396 e. The third-order valence-electron chi connectivity index (χ3n) is 3.36. The first-order valence-corrected chi connectivity index (χ1v) is 6.96. The number of carbonyl (C=O) groups excluding carboxylic acids is 1. The van der Waals surface area contributed by atoms with Crippen LogP contribution in [0.3, 0.4) is 0 Å². The number of hydrogen-bond donors (Lipinski definition) is 2. The Bertz CT molecular complexity index is 427. The fourth-order valence-electron chi connectivity index (χ4n) is 2.28. The molecule has 1 saturated heterocycles. The van der Waals surface area contributed by atoms with E-state index in [-0.39, 0.29) is 12.5 Å². The molecule has 20 heavy (non-hydrogen) atoms. The molecule has 1 aliphatic heterocycles. The first-order valence-electron chi connectivity index (χ1n) is 6.96.